The Kier molecular flexibility index (Phi) is 3.73. The summed E-state index contributed by atoms with van der Waals surface area (Å²) in [5.74, 6) is -4.42. The quantitative estimate of drug-likeness (QED) is 0.386. The summed E-state index contributed by atoms with van der Waals surface area (Å²) in [6, 6.07) is 0.557. The zero-order chi connectivity index (χ0) is 15.0. The molecule has 1 rings (SSSR count). The van der Waals surface area contributed by atoms with Gasteiger partial charge < -0.3 is 10.5 Å². The van der Waals surface area contributed by atoms with Crippen LogP contribution in [0, 0.1) is 21.7 Å². The lowest BCUT2D eigenvalue weighted by Crippen LogP contribution is -2.25. The first-order chi connectivity index (χ1) is 8.54. The van der Waals surface area contributed by atoms with Crippen LogP contribution in [0.3, 0.4) is 0 Å². The molecule has 0 aromatic heterocycles. The molecule has 0 radical (unpaired) electrons. The Bertz CT molecular complexity index is 553. The monoisotopic (exact) mass is 274 g/mol. The highest BCUT2D eigenvalue weighted by Crippen LogP contribution is 2.30. The van der Waals surface area contributed by atoms with Gasteiger partial charge in [-0.3, -0.25) is 10.1 Å². The Morgan fingerprint density at radius 2 is 1.89 bits per heavy atom. The summed E-state index contributed by atoms with van der Waals surface area (Å²) >= 11 is 0. The van der Waals surface area contributed by atoms with Crippen molar-refractivity contribution in [1.82, 2.24) is 0 Å². The highest BCUT2D eigenvalue weighted by atomic mass is 19.2. The van der Waals surface area contributed by atoms with E-state index in [-0.39, 0.29) is 0 Å². The topological polar surface area (TPSA) is 95.5 Å². The summed E-state index contributed by atoms with van der Waals surface area (Å²) in [5.41, 5.74) is 1.40. The molecule has 0 aliphatic rings. The summed E-state index contributed by atoms with van der Waals surface area (Å²) < 4.78 is 31.8. The first-order valence-corrected chi connectivity index (χ1v) is 5.20. The van der Waals surface area contributed by atoms with Crippen LogP contribution < -0.4 is 5.73 Å². The van der Waals surface area contributed by atoms with Crippen LogP contribution in [0.15, 0.2) is 6.07 Å². The van der Waals surface area contributed by atoms with Gasteiger partial charge in [0.25, 0.3) is 5.69 Å². The van der Waals surface area contributed by atoms with Crippen LogP contribution >= 0.6 is 0 Å². The lowest BCUT2D eigenvalue weighted by atomic mass is 10.1. The lowest BCUT2D eigenvalue weighted by molar-refractivity contribution is -0.384. The summed E-state index contributed by atoms with van der Waals surface area (Å²) in [7, 11) is 0. The average molecular weight is 274 g/mol. The molecule has 104 valence electrons. The number of nitro groups is 1. The van der Waals surface area contributed by atoms with E-state index in [2.05, 4.69) is 0 Å². The number of benzene rings is 1. The van der Waals surface area contributed by atoms with Gasteiger partial charge in [0.05, 0.1) is 4.92 Å². The van der Waals surface area contributed by atoms with Crippen molar-refractivity contribution in [1.29, 1.82) is 0 Å². The highest BCUT2D eigenvalue weighted by molar-refractivity contribution is 5.92. The number of anilines is 1. The summed E-state index contributed by atoms with van der Waals surface area (Å²) in [4.78, 5) is 21.2. The number of nitrogen functional groups attached to an aromatic ring is 1. The number of carbonyl (C=O) groups excluding carboxylic acids is 1. The van der Waals surface area contributed by atoms with Gasteiger partial charge in [0.15, 0.2) is 11.6 Å². The Morgan fingerprint density at radius 1 is 1.37 bits per heavy atom. The highest BCUT2D eigenvalue weighted by Gasteiger charge is 2.29. The van der Waals surface area contributed by atoms with Crippen molar-refractivity contribution in [3.8, 4) is 0 Å². The van der Waals surface area contributed by atoms with Crippen molar-refractivity contribution in [2.24, 2.45) is 0 Å². The molecule has 0 atom stereocenters. The van der Waals surface area contributed by atoms with Crippen LogP contribution in [0.1, 0.15) is 31.1 Å². The van der Waals surface area contributed by atoms with Crippen molar-refractivity contribution in [2.75, 3.05) is 5.73 Å². The number of hydrogen-bond acceptors (Lipinski definition) is 5. The van der Waals surface area contributed by atoms with Gasteiger partial charge in [-0.1, -0.05) is 0 Å². The van der Waals surface area contributed by atoms with E-state index in [1.807, 2.05) is 0 Å². The van der Waals surface area contributed by atoms with Crippen LogP contribution in [0.4, 0.5) is 20.2 Å². The van der Waals surface area contributed by atoms with E-state index in [9.17, 15) is 23.7 Å². The van der Waals surface area contributed by atoms with Crippen LogP contribution in [-0.2, 0) is 4.74 Å². The molecule has 0 fully saturated rings. The third-order valence-electron chi connectivity index (χ3n) is 2.04. The molecule has 0 aliphatic carbocycles. The molecule has 0 unspecified atom stereocenters. The van der Waals surface area contributed by atoms with Crippen molar-refractivity contribution < 1.29 is 23.2 Å². The molecule has 0 saturated heterocycles. The van der Waals surface area contributed by atoms with Gasteiger partial charge in [0.2, 0.25) is 0 Å². The molecule has 19 heavy (non-hydrogen) atoms. The van der Waals surface area contributed by atoms with Crippen molar-refractivity contribution >= 4 is 17.3 Å². The SMILES string of the molecule is CC(C)(C)OC(=O)c1cc([N+](=O)[O-])c(N)c(F)c1F. The maximum atomic E-state index is 13.6. The second kappa shape index (κ2) is 4.79. The first kappa shape index (κ1) is 14.8. The predicted octanol–water partition coefficient (Wildman–Crippen LogP) is 2.41. The minimum absolute atomic E-state index is 0.557. The predicted molar refractivity (Wildman–Crippen MR) is 62.6 cm³/mol. The lowest BCUT2D eigenvalue weighted by Gasteiger charge is -2.19. The third kappa shape index (κ3) is 3.15. The third-order valence-corrected chi connectivity index (χ3v) is 2.04. The van der Waals surface area contributed by atoms with E-state index in [0.717, 1.165) is 0 Å². The molecule has 0 bridgehead atoms. The smallest absolute Gasteiger partial charge is 0.342 e. The van der Waals surface area contributed by atoms with Gasteiger partial charge in [-0.25, -0.2) is 13.6 Å². The minimum Gasteiger partial charge on any atom is -0.456 e. The molecule has 8 heteroatoms. The van der Waals surface area contributed by atoms with Crippen LogP contribution in [0.5, 0.6) is 0 Å². The summed E-state index contributed by atoms with van der Waals surface area (Å²) in [6.45, 7) is 4.56. The standard InChI is InChI=1S/C11H12F2N2O4/c1-11(2,3)19-10(16)5-4-6(15(17)18)9(14)8(13)7(5)12/h4H,14H2,1-3H3. The molecular weight excluding hydrogens is 262 g/mol. The van der Waals surface area contributed by atoms with Crippen molar-refractivity contribution in [2.45, 2.75) is 26.4 Å². The second-order valence-electron chi connectivity index (χ2n) is 4.74. The molecule has 0 saturated carbocycles. The van der Waals surface area contributed by atoms with Crippen LogP contribution in [-0.4, -0.2) is 16.5 Å². The number of rotatable bonds is 2. The van der Waals surface area contributed by atoms with Gasteiger partial charge in [0, 0.05) is 6.07 Å². The van der Waals surface area contributed by atoms with E-state index in [0.29, 0.717) is 6.07 Å². The fraction of sp³-hybridized carbons (Fsp3) is 0.364. The van der Waals surface area contributed by atoms with E-state index in [4.69, 9.17) is 10.5 Å². The minimum atomic E-state index is -1.64. The van der Waals surface area contributed by atoms with E-state index < -0.39 is 45.1 Å². The fourth-order valence-electron chi connectivity index (χ4n) is 1.26. The zero-order valence-electron chi connectivity index (χ0n) is 10.5. The Balaban J connectivity index is 3.37. The number of esters is 1. The molecule has 0 spiro atoms. The maximum Gasteiger partial charge on any atom is 0.342 e. The van der Waals surface area contributed by atoms with Gasteiger partial charge in [-0.05, 0) is 20.8 Å². The molecule has 6 nitrogen and oxygen atoms in total. The van der Waals surface area contributed by atoms with Crippen molar-refractivity contribution in [3.05, 3.63) is 33.4 Å². The van der Waals surface area contributed by atoms with Crippen LogP contribution in [0.25, 0.3) is 0 Å². The Morgan fingerprint density at radius 3 is 2.32 bits per heavy atom. The Hall–Kier alpha value is -2.25. The number of halogens is 2. The van der Waals surface area contributed by atoms with Gasteiger partial charge in [-0.2, -0.15) is 0 Å². The molecule has 1 aromatic rings. The molecule has 2 N–H and O–H groups in total. The number of nitro benzene ring substituents is 1. The molecule has 0 heterocycles. The summed E-state index contributed by atoms with van der Waals surface area (Å²) in [6.07, 6.45) is 0. The van der Waals surface area contributed by atoms with Crippen molar-refractivity contribution in [3.63, 3.8) is 0 Å². The van der Waals surface area contributed by atoms with E-state index in [1.165, 1.54) is 20.8 Å². The largest absolute Gasteiger partial charge is 0.456 e. The normalized spacial score (nSPS) is 11.2. The molecule has 1 aromatic carbocycles. The zero-order valence-corrected chi connectivity index (χ0v) is 10.5. The number of nitrogens with two attached hydrogens (primary N) is 1. The van der Waals surface area contributed by atoms with E-state index >= 15 is 0 Å². The maximum absolute atomic E-state index is 13.6. The molecule has 0 amide bonds. The van der Waals surface area contributed by atoms with E-state index in [1.54, 1.807) is 0 Å². The molecular formula is C11H12F2N2O4. The average Bonchev–Trinajstić information content (AvgIpc) is 2.23. The number of hydrogen-bond donors (Lipinski definition) is 1. The fourth-order valence-corrected chi connectivity index (χ4v) is 1.26. The molecule has 0 aliphatic heterocycles. The van der Waals surface area contributed by atoms with Gasteiger partial charge >= 0.3 is 5.97 Å². The number of ether oxygens (including phenoxy) is 1. The van der Waals surface area contributed by atoms with Crippen LogP contribution in [0.2, 0.25) is 0 Å². The van der Waals surface area contributed by atoms with Gasteiger partial charge in [0.1, 0.15) is 16.9 Å². The number of carbonyl (C=O) groups is 1. The number of nitrogens with zero attached hydrogens (tertiary/aromatic N) is 1. The Labute approximate surface area is 107 Å². The second-order valence-corrected chi connectivity index (χ2v) is 4.74. The summed E-state index contributed by atoms with van der Waals surface area (Å²) in [5, 5.41) is 10.6. The first-order valence-electron chi connectivity index (χ1n) is 5.20. The van der Waals surface area contributed by atoms with Gasteiger partial charge in [-0.15, -0.1) is 0 Å².